The topological polar surface area (TPSA) is 46.2 Å². The van der Waals surface area contributed by atoms with Gasteiger partial charge in [-0.25, -0.2) is 8.42 Å². The summed E-state index contributed by atoms with van der Waals surface area (Å²) in [6, 6.07) is 15.1. The highest BCUT2D eigenvalue weighted by molar-refractivity contribution is 7.90. The van der Waals surface area contributed by atoms with E-state index in [-0.39, 0.29) is 0 Å². The highest BCUT2D eigenvalue weighted by atomic mass is 32.2. The van der Waals surface area contributed by atoms with Gasteiger partial charge in [0, 0.05) is 12.8 Å². The number of benzene rings is 2. The van der Waals surface area contributed by atoms with E-state index >= 15 is 0 Å². The van der Waals surface area contributed by atoms with E-state index < -0.39 is 9.84 Å². The van der Waals surface area contributed by atoms with Gasteiger partial charge in [0.1, 0.15) is 0 Å². The molecule has 4 heteroatoms. The minimum absolute atomic E-state index is 0.336. The summed E-state index contributed by atoms with van der Waals surface area (Å²) < 4.78 is 23.4. The van der Waals surface area contributed by atoms with Crippen LogP contribution >= 0.6 is 0 Å². The van der Waals surface area contributed by atoms with Crippen molar-refractivity contribution in [3.8, 4) is 0 Å². The Hall–Kier alpha value is -1.81. The van der Waals surface area contributed by atoms with Gasteiger partial charge in [0.25, 0.3) is 0 Å². The molecule has 100 valence electrons. The Bertz CT molecular complexity index is 678. The molecule has 0 amide bonds. The Morgan fingerprint density at radius 3 is 2.47 bits per heavy atom. The van der Waals surface area contributed by atoms with E-state index in [1.54, 1.807) is 18.2 Å². The lowest BCUT2D eigenvalue weighted by Gasteiger charge is -2.11. The van der Waals surface area contributed by atoms with Crippen LogP contribution in [-0.2, 0) is 16.4 Å². The quantitative estimate of drug-likeness (QED) is 0.933. The zero-order chi connectivity index (χ0) is 13.9. The highest BCUT2D eigenvalue weighted by Gasteiger charge is 2.11. The number of nitrogens with one attached hydrogen (secondary N) is 1. The fourth-order valence-corrected chi connectivity index (χ4v) is 2.82. The second-order valence-electron chi connectivity index (χ2n) is 4.61. The van der Waals surface area contributed by atoms with Crippen molar-refractivity contribution in [1.82, 2.24) is 0 Å². The molecule has 2 aromatic rings. The maximum Gasteiger partial charge on any atom is 0.177 e. The molecular weight excluding hydrogens is 258 g/mol. The molecule has 0 aliphatic rings. The van der Waals surface area contributed by atoms with Gasteiger partial charge in [-0.05, 0) is 24.6 Å². The molecule has 0 saturated carbocycles. The van der Waals surface area contributed by atoms with E-state index in [9.17, 15) is 8.42 Å². The SMILES string of the molecule is Cc1cccc(CNc2ccccc2S(C)(=O)=O)c1. The molecule has 19 heavy (non-hydrogen) atoms. The van der Waals surface area contributed by atoms with Crippen molar-refractivity contribution in [1.29, 1.82) is 0 Å². The Morgan fingerprint density at radius 1 is 1.05 bits per heavy atom. The maximum absolute atomic E-state index is 11.7. The van der Waals surface area contributed by atoms with Crippen molar-refractivity contribution in [3.63, 3.8) is 0 Å². The van der Waals surface area contributed by atoms with Crippen LogP contribution in [0, 0.1) is 6.92 Å². The van der Waals surface area contributed by atoms with Crippen molar-refractivity contribution in [3.05, 3.63) is 59.7 Å². The molecule has 0 aliphatic carbocycles. The Morgan fingerprint density at radius 2 is 1.79 bits per heavy atom. The van der Waals surface area contributed by atoms with E-state index in [2.05, 4.69) is 11.4 Å². The molecule has 3 nitrogen and oxygen atoms in total. The molecule has 1 N–H and O–H groups in total. The third kappa shape index (κ3) is 3.58. The Balaban J connectivity index is 2.21. The van der Waals surface area contributed by atoms with Gasteiger partial charge in [0.05, 0.1) is 10.6 Å². The van der Waals surface area contributed by atoms with Crippen LogP contribution in [0.1, 0.15) is 11.1 Å². The van der Waals surface area contributed by atoms with E-state index in [1.807, 2.05) is 31.2 Å². The number of rotatable bonds is 4. The standard InChI is InChI=1S/C15H17NO2S/c1-12-6-5-7-13(10-12)11-16-14-8-3-4-9-15(14)19(2,17)18/h3-10,16H,11H2,1-2H3. The molecule has 0 spiro atoms. The fraction of sp³-hybridized carbons (Fsp3) is 0.200. The first-order valence-corrected chi connectivity index (χ1v) is 7.94. The molecule has 0 bridgehead atoms. The van der Waals surface area contributed by atoms with E-state index in [0.29, 0.717) is 17.1 Å². The van der Waals surface area contributed by atoms with Gasteiger partial charge in [0.2, 0.25) is 0 Å². The van der Waals surface area contributed by atoms with Crippen LogP contribution in [-0.4, -0.2) is 14.7 Å². The summed E-state index contributed by atoms with van der Waals surface area (Å²) in [7, 11) is -3.21. The smallest absolute Gasteiger partial charge is 0.177 e. The summed E-state index contributed by atoms with van der Waals surface area (Å²) in [6.45, 7) is 2.64. The van der Waals surface area contributed by atoms with Gasteiger partial charge in [-0.15, -0.1) is 0 Å². The summed E-state index contributed by atoms with van der Waals surface area (Å²) in [5.74, 6) is 0. The molecule has 0 aliphatic heterocycles. The molecule has 0 fully saturated rings. The van der Waals surface area contributed by atoms with Crippen molar-refractivity contribution in [2.75, 3.05) is 11.6 Å². The van der Waals surface area contributed by atoms with Crippen molar-refractivity contribution >= 4 is 15.5 Å². The first kappa shape index (κ1) is 13.6. The van der Waals surface area contributed by atoms with Crippen molar-refractivity contribution < 1.29 is 8.42 Å². The molecule has 2 aromatic carbocycles. The summed E-state index contributed by atoms with van der Waals surface area (Å²) in [5, 5.41) is 3.18. The van der Waals surface area contributed by atoms with Crippen LogP contribution in [0.4, 0.5) is 5.69 Å². The van der Waals surface area contributed by atoms with Gasteiger partial charge < -0.3 is 5.32 Å². The van der Waals surface area contributed by atoms with Crippen molar-refractivity contribution in [2.45, 2.75) is 18.4 Å². The summed E-state index contributed by atoms with van der Waals surface area (Å²) in [6.07, 6.45) is 1.22. The van der Waals surface area contributed by atoms with Crippen LogP contribution in [0.3, 0.4) is 0 Å². The predicted molar refractivity (Wildman–Crippen MR) is 78.1 cm³/mol. The number of para-hydroxylation sites is 1. The number of hydrogen-bond donors (Lipinski definition) is 1. The predicted octanol–water partition coefficient (Wildman–Crippen LogP) is 3.01. The second kappa shape index (κ2) is 5.45. The molecule has 0 unspecified atom stereocenters. The zero-order valence-electron chi connectivity index (χ0n) is 11.1. The van der Waals surface area contributed by atoms with Crippen LogP contribution in [0.15, 0.2) is 53.4 Å². The molecule has 0 saturated heterocycles. The lowest BCUT2D eigenvalue weighted by molar-refractivity contribution is 0.602. The molecule has 0 heterocycles. The molecule has 0 aromatic heterocycles. The molecule has 0 atom stereocenters. The van der Waals surface area contributed by atoms with Gasteiger partial charge in [-0.3, -0.25) is 0 Å². The Labute approximate surface area is 114 Å². The first-order chi connectivity index (χ1) is 8.97. The first-order valence-electron chi connectivity index (χ1n) is 6.05. The minimum Gasteiger partial charge on any atom is -0.380 e. The van der Waals surface area contributed by atoms with Crippen molar-refractivity contribution in [2.24, 2.45) is 0 Å². The zero-order valence-corrected chi connectivity index (χ0v) is 11.9. The largest absolute Gasteiger partial charge is 0.380 e. The second-order valence-corrected chi connectivity index (χ2v) is 6.60. The monoisotopic (exact) mass is 275 g/mol. The average molecular weight is 275 g/mol. The average Bonchev–Trinajstić information content (AvgIpc) is 2.36. The number of anilines is 1. The third-order valence-electron chi connectivity index (χ3n) is 2.85. The summed E-state index contributed by atoms with van der Waals surface area (Å²) in [5.41, 5.74) is 2.96. The van der Waals surface area contributed by atoms with Gasteiger partial charge in [0.15, 0.2) is 9.84 Å². The third-order valence-corrected chi connectivity index (χ3v) is 4.01. The van der Waals surface area contributed by atoms with Gasteiger partial charge in [-0.1, -0.05) is 42.0 Å². The van der Waals surface area contributed by atoms with Gasteiger partial charge in [-0.2, -0.15) is 0 Å². The number of hydrogen-bond acceptors (Lipinski definition) is 3. The van der Waals surface area contributed by atoms with E-state index in [0.717, 1.165) is 5.56 Å². The lowest BCUT2D eigenvalue weighted by Crippen LogP contribution is -2.06. The van der Waals surface area contributed by atoms with E-state index in [4.69, 9.17) is 0 Å². The summed E-state index contributed by atoms with van der Waals surface area (Å²) >= 11 is 0. The molecular formula is C15H17NO2S. The van der Waals surface area contributed by atoms with Crippen LogP contribution < -0.4 is 5.32 Å². The number of sulfone groups is 1. The molecule has 2 rings (SSSR count). The molecule has 0 radical (unpaired) electrons. The lowest BCUT2D eigenvalue weighted by atomic mass is 10.1. The minimum atomic E-state index is -3.21. The summed E-state index contributed by atoms with van der Waals surface area (Å²) in [4.78, 5) is 0.336. The van der Waals surface area contributed by atoms with Crippen LogP contribution in [0.5, 0.6) is 0 Å². The Kier molecular flexibility index (Phi) is 3.90. The highest BCUT2D eigenvalue weighted by Crippen LogP contribution is 2.21. The van der Waals surface area contributed by atoms with Crippen LogP contribution in [0.2, 0.25) is 0 Å². The van der Waals surface area contributed by atoms with E-state index in [1.165, 1.54) is 11.8 Å². The van der Waals surface area contributed by atoms with Crippen LogP contribution in [0.25, 0.3) is 0 Å². The van der Waals surface area contributed by atoms with Gasteiger partial charge >= 0.3 is 0 Å². The normalized spacial score (nSPS) is 11.3. The number of aryl methyl sites for hydroxylation is 1. The fourth-order valence-electron chi connectivity index (χ4n) is 1.96. The maximum atomic E-state index is 11.7.